The van der Waals surface area contributed by atoms with E-state index in [2.05, 4.69) is 11.0 Å². The van der Waals surface area contributed by atoms with E-state index in [0.717, 1.165) is 43.9 Å². The van der Waals surface area contributed by atoms with E-state index in [4.69, 9.17) is 5.21 Å². The number of hydrogen-bond donors (Lipinski definition) is 2. The number of nitrogens with one attached hydrogen (secondary N) is 1. The molecule has 4 rings (SSSR count). The molecule has 3 unspecified atom stereocenters. The standard InChI is InChI=1S/C18H21N3O3/c22-18-6-2-5-17-15-7-14(11-20(17)18)10-19(12-15)9-13-3-1-4-16(8-13)21(23)24/h1-6,8,14-15,21,23H,7,9-12H2. The Morgan fingerprint density at radius 3 is 2.83 bits per heavy atom. The second-order valence-electron chi connectivity index (χ2n) is 6.90. The van der Waals surface area contributed by atoms with Crippen LogP contribution in [0.3, 0.4) is 0 Å². The van der Waals surface area contributed by atoms with E-state index in [0.29, 0.717) is 17.5 Å². The molecule has 0 amide bonds. The highest BCUT2D eigenvalue weighted by molar-refractivity contribution is 5.33. The molecule has 2 bridgehead atoms. The van der Waals surface area contributed by atoms with Crippen LogP contribution in [0.25, 0.3) is 0 Å². The fourth-order valence-corrected chi connectivity index (χ4v) is 4.19. The molecule has 2 aromatic rings. The lowest BCUT2D eigenvalue weighted by Gasteiger charge is -2.42. The summed E-state index contributed by atoms with van der Waals surface area (Å²) in [6.45, 7) is 3.41. The van der Waals surface area contributed by atoms with Crippen molar-refractivity contribution >= 4 is 5.69 Å². The summed E-state index contributed by atoms with van der Waals surface area (Å²) in [5, 5.41) is 19.4. The molecule has 2 aliphatic rings. The first-order chi connectivity index (χ1) is 11.6. The number of pyridine rings is 1. The predicted molar refractivity (Wildman–Crippen MR) is 89.0 cm³/mol. The number of aromatic nitrogens is 1. The van der Waals surface area contributed by atoms with Gasteiger partial charge in [0.25, 0.3) is 5.56 Å². The van der Waals surface area contributed by atoms with Crippen molar-refractivity contribution in [3.05, 3.63) is 69.3 Å². The van der Waals surface area contributed by atoms with Crippen LogP contribution in [-0.2, 0) is 13.1 Å². The molecule has 6 heteroatoms. The molecule has 1 fully saturated rings. The molecule has 6 nitrogen and oxygen atoms in total. The molecule has 1 aromatic heterocycles. The van der Waals surface area contributed by atoms with Gasteiger partial charge in [0.1, 0.15) is 0 Å². The summed E-state index contributed by atoms with van der Waals surface area (Å²) >= 11 is 0. The van der Waals surface area contributed by atoms with Crippen molar-refractivity contribution in [3.63, 3.8) is 0 Å². The molecule has 3 atom stereocenters. The van der Waals surface area contributed by atoms with Gasteiger partial charge in [-0.15, -0.1) is 0 Å². The third-order valence-corrected chi connectivity index (χ3v) is 5.14. The van der Waals surface area contributed by atoms with Crippen LogP contribution in [0, 0.1) is 11.1 Å². The summed E-state index contributed by atoms with van der Waals surface area (Å²) in [5.74, 6) is 0.869. The number of fused-ring (bicyclic) bond motifs is 4. The quantitative estimate of drug-likeness (QED) is 0.821. The van der Waals surface area contributed by atoms with Gasteiger partial charge in [0.05, 0.1) is 0 Å². The van der Waals surface area contributed by atoms with Gasteiger partial charge < -0.3 is 9.77 Å². The lowest BCUT2D eigenvalue weighted by molar-refractivity contribution is -0.991. The minimum Gasteiger partial charge on any atom is -0.595 e. The largest absolute Gasteiger partial charge is 0.595 e. The molecule has 0 aliphatic carbocycles. The van der Waals surface area contributed by atoms with Crippen molar-refractivity contribution in [1.82, 2.24) is 9.47 Å². The Labute approximate surface area is 140 Å². The van der Waals surface area contributed by atoms with Crippen molar-refractivity contribution in [2.75, 3.05) is 13.1 Å². The molecule has 2 N–H and O–H groups in total. The molecular formula is C18H21N3O3. The van der Waals surface area contributed by atoms with Crippen molar-refractivity contribution < 1.29 is 10.4 Å². The minimum absolute atomic E-state index is 0.102. The number of rotatable bonds is 3. The van der Waals surface area contributed by atoms with E-state index in [1.54, 1.807) is 24.3 Å². The normalized spacial score (nSPS) is 24.4. The number of benzene rings is 1. The highest BCUT2D eigenvalue weighted by Gasteiger charge is 2.34. The number of hydrogen-bond acceptors (Lipinski definition) is 4. The number of quaternary nitrogens is 1. The summed E-state index contributed by atoms with van der Waals surface area (Å²) in [6, 6.07) is 12.7. The first kappa shape index (κ1) is 15.5. The van der Waals surface area contributed by atoms with E-state index in [1.807, 2.05) is 16.7 Å². The highest BCUT2D eigenvalue weighted by Crippen LogP contribution is 2.35. The Morgan fingerprint density at radius 2 is 2.00 bits per heavy atom. The summed E-state index contributed by atoms with van der Waals surface area (Å²) in [6.07, 6.45) is 1.13. The fourth-order valence-electron chi connectivity index (χ4n) is 4.19. The van der Waals surface area contributed by atoms with E-state index in [-0.39, 0.29) is 5.56 Å². The van der Waals surface area contributed by atoms with Crippen molar-refractivity contribution in [2.24, 2.45) is 5.92 Å². The van der Waals surface area contributed by atoms with Gasteiger partial charge in [-0.1, -0.05) is 18.2 Å². The summed E-state index contributed by atoms with van der Waals surface area (Å²) < 4.78 is 1.93. The van der Waals surface area contributed by atoms with Crippen LogP contribution in [0.5, 0.6) is 0 Å². The molecule has 24 heavy (non-hydrogen) atoms. The van der Waals surface area contributed by atoms with E-state index >= 15 is 0 Å². The van der Waals surface area contributed by atoms with Crippen LogP contribution < -0.4 is 10.8 Å². The fraction of sp³-hybridized carbons (Fsp3) is 0.389. The maximum absolute atomic E-state index is 12.1. The Morgan fingerprint density at radius 1 is 1.17 bits per heavy atom. The average molecular weight is 327 g/mol. The first-order valence-corrected chi connectivity index (χ1v) is 8.34. The Balaban J connectivity index is 1.54. The minimum atomic E-state index is -0.888. The third-order valence-electron chi connectivity index (χ3n) is 5.14. The SMILES string of the molecule is O=c1cccc2n1CC1CC2CN(Cc2cccc([NH+]([O-])O)c2)C1. The second-order valence-corrected chi connectivity index (χ2v) is 6.90. The van der Waals surface area contributed by atoms with Crippen molar-refractivity contribution in [2.45, 2.75) is 25.4 Å². The van der Waals surface area contributed by atoms with Crippen LogP contribution in [0.4, 0.5) is 5.69 Å². The molecule has 0 radical (unpaired) electrons. The Hall–Kier alpha value is -1.99. The molecule has 2 aliphatic heterocycles. The second kappa shape index (κ2) is 6.14. The van der Waals surface area contributed by atoms with Crippen LogP contribution in [-0.4, -0.2) is 27.8 Å². The molecule has 1 aromatic carbocycles. The van der Waals surface area contributed by atoms with Crippen molar-refractivity contribution in [1.29, 1.82) is 0 Å². The predicted octanol–water partition coefficient (Wildman–Crippen LogP) is 0.871. The molecule has 0 spiro atoms. The lowest BCUT2D eigenvalue weighted by Crippen LogP contribution is -2.99. The maximum atomic E-state index is 12.1. The van der Waals surface area contributed by atoms with Gasteiger partial charge in [-0.25, -0.2) is 5.21 Å². The third kappa shape index (κ3) is 2.89. The lowest BCUT2D eigenvalue weighted by atomic mass is 9.83. The number of nitrogens with zero attached hydrogens (tertiary/aromatic N) is 2. The van der Waals surface area contributed by atoms with E-state index < -0.39 is 5.23 Å². The van der Waals surface area contributed by atoms with Gasteiger partial charge in [0, 0.05) is 56.0 Å². The Kier molecular flexibility index (Phi) is 3.97. The summed E-state index contributed by atoms with van der Waals surface area (Å²) in [4.78, 5) is 14.5. The molecule has 126 valence electrons. The highest BCUT2D eigenvalue weighted by atomic mass is 16.8. The zero-order chi connectivity index (χ0) is 16.7. The van der Waals surface area contributed by atoms with Crippen LogP contribution in [0.1, 0.15) is 23.6 Å². The topological polar surface area (TPSA) is 73.0 Å². The molecule has 3 heterocycles. The van der Waals surface area contributed by atoms with E-state index in [1.165, 1.54) is 0 Å². The van der Waals surface area contributed by atoms with Gasteiger partial charge in [0.15, 0.2) is 5.69 Å². The van der Waals surface area contributed by atoms with Gasteiger partial charge in [-0.3, -0.25) is 9.69 Å². The molecule has 1 saturated heterocycles. The Bertz CT molecular complexity index is 802. The first-order valence-electron chi connectivity index (χ1n) is 8.34. The zero-order valence-electron chi connectivity index (χ0n) is 13.4. The maximum Gasteiger partial charge on any atom is 0.250 e. The molecule has 0 saturated carbocycles. The smallest absolute Gasteiger partial charge is 0.250 e. The van der Waals surface area contributed by atoms with Crippen LogP contribution >= 0.6 is 0 Å². The van der Waals surface area contributed by atoms with Gasteiger partial charge in [0.2, 0.25) is 0 Å². The zero-order valence-corrected chi connectivity index (χ0v) is 13.4. The van der Waals surface area contributed by atoms with Gasteiger partial charge in [-0.05, 0) is 24.0 Å². The average Bonchev–Trinajstić information content (AvgIpc) is 2.56. The van der Waals surface area contributed by atoms with Gasteiger partial charge in [-0.2, -0.15) is 5.23 Å². The summed E-state index contributed by atoms with van der Waals surface area (Å²) in [7, 11) is 0. The van der Waals surface area contributed by atoms with E-state index in [9.17, 15) is 10.0 Å². The number of piperidine rings is 1. The monoisotopic (exact) mass is 327 g/mol. The summed E-state index contributed by atoms with van der Waals surface area (Å²) in [5.41, 5.74) is 2.61. The van der Waals surface area contributed by atoms with Crippen LogP contribution in [0.2, 0.25) is 0 Å². The molecular weight excluding hydrogens is 306 g/mol. The van der Waals surface area contributed by atoms with Gasteiger partial charge >= 0.3 is 0 Å². The van der Waals surface area contributed by atoms with Crippen LogP contribution in [0.15, 0.2) is 47.3 Å². The number of likely N-dealkylation sites (tertiary alicyclic amines) is 1. The van der Waals surface area contributed by atoms with Crippen molar-refractivity contribution in [3.8, 4) is 0 Å².